The summed E-state index contributed by atoms with van der Waals surface area (Å²) in [5.74, 6) is 0.128. The van der Waals surface area contributed by atoms with E-state index in [1.165, 1.54) is 25.7 Å². The molecule has 0 atom stereocenters. The van der Waals surface area contributed by atoms with E-state index in [0.717, 1.165) is 0 Å². The lowest BCUT2D eigenvalue weighted by atomic mass is 10.1. The van der Waals surface area contributed by atoms with Gasteiger partial charge in [0, 0.05) is 5.56 Å². The van der Waals surface area contributed by atoms with Crippen LogP contribution in [0.3, 0.4) is 0 Å². The zero-order valence-corrected chi connectivity index (χ0v) is 12.1. The van der Waals surface area contributed by atoms with E-state index in [1.807, 2.05) is 0 Å². The van der Waals surface area contributed by atoms with Gasteiger partial charge in [-0.05, 0) is 36.2 Å². The first kappa shape index (κ1) is 15.4. The van der Waals surface area contributed by atoms with E-state index in [2.05, 4.69) is 17.1 Å². The van der Waals surface area contributed by atoms with Gasteiger partial charge in [0.05, 0.1) is 19.6 Å². The molecule has 1 heterocycles. The third-order valence-corrected chi connectivity index (χ3v) is 2.89. The fourth-order valence-electron chi connectivity index (χ4n) is 1.86. The summed E-state index contributed by atoms with van der Waals surface area (Å²) >= 11 is 0. The largest absolute Gasteiger partial charge is 0.504 e. The molecule has 6 nitrogen and oxygen atoms in total. The second kappa shape index (κ2) is 7.12. The van der Waals surface area contributed by atoms with Gasteiger partial charge in [-0.3, -0.25) is 4.79 Å². The van der Waals surface area contributed by atoms with Crippen molar-refractivity contribution in [1.29, 1.82) is 0 Å². The number of carbonyl (C=O) groups is 1. The van der Waals surface area contributed by atoms with Crippen molar-refractivity contribution in [2.75, 3.05) is 7.11 Å². The van der Waals surface area contributed by atoms with E-state index >= 15 is 0 Å². The molecule has 0 fully saturated rings. The molecule has 114 valence electrons. The fraction of sp³-hybridized carbons (Fsp3) is 0.125. The molecule has 6 heteroatoms. The van der Waals surface area contributed by atoms with Gasteiger partial charge in [-0.2, -0.15) is 5.10 Å². The smallest absolute Gasteiger partial charge is 0.307 e. The second-order valence-electron chi connectivity index (χ2n) is 4.40. The first-order chi connectivity index (χ1) is 10.7. The molecular weight excluding hydrogens is 284 g/mol. The average molecular weight is 300 g/mol. The molecule has 22 heavy (non-hydrogen) atoms. The quantitative estimate of drug-likeness (QED) is 0.487. The second-order valence-corrected chi connectivity index (χ2v) is 4.40. The summed E-state index contributed by atoms with van der Waals surface area (Å²) in [6.07, 6.45) is 5.02. The molecule has 1 amide bonds. The van der Waals surface area contributed by atoms with E-state index in [-0.39, 0.29) is 11.5 Å². The lowest BCUT2D eigenvalue weighted by molar-refractivity contribution is 0.0927. The van der Waals surface area contributed by atoms with Crippen molar-refractivity contribution < 1.29 is 19.1 Å². The molecule has 0 spiro atoms. The molecule has 0 aliphatic rings. The van der Waals surface area contributed by atoms with Gasteiger partial charge in [-0.1, -0.05) is 6.08 Å². The van der Waals surface area contributed by atoms with Gasteiger partial charge in [0.25, 0.3) is 0 Å². The zero-order valence-electron chi connectivity index (χ0n) is 12.1. The Morgan fingerprint density at radius 2 is 2.36 bits per heavy atom. The van der Waals surface area contributed by atoms with Gasteiger partial charge >= 0.3 is 5.91 Å². The van der Waals surface area contributed by atoms with Gasteiger partial charge in [-0.25, -0.2) is 5.43 Å². The highest BCUT2D eigenvalue weighted by atomic mass is 16.5. The average Bonchev–Trinajstić information content (AvgIpc) is 3.04. The number of phenols is 1. The van der Waals surface area contributed by atoms with Gasteiger partial charge in [0.15, 0.2) is 17.3 Å². The number of benzene rings is 1. The lowest BCUT2D eigenvalue weighted by Crippen LogP contribution is -2.16. The number of nitrogens with zero attached hydrogens (tertiary/aromatic N) is 1. The number of rotatable bonds is 6. The van der Waals surface area contributed by atoms with Crippen molar-refractivity contribution >= 4 is 12.1 Å². The van der Waals surface area contributed by atoms with Crippen LogP contribution in [-0.4, -0.2) is 24.3 Å². The summed E-state index contributed by atoms with van der Waals surface area (Å²) < 4.78 is 10.1. The summed E-state index contributed by atoms with van der Waals surface area (Å²) in [5, 5.41) is 13.8. The molecule has 0 aliphatic carbocycles. The number of carbonyl (C=O) groups excluding carboxylic acids is 1. The number of aromatic hydroxyl groups is 1. The zero-order chi connectivity index (χ0) is 15.9. The molecule has 1 aromatic heterocycles. The molecule has 2 aromatic rings. The molecule has 0 saturated carbocycles. The minimum Gasteiger partial charge on any atom is -0.504 e. The van der Waals surface area contributed by atoms with Gasteiger partial charge < -0.3 is 14.3 Å². The molecule has 0 unspecified atom stereocenters. The van der Waals surface area contributed by atoms with Crippen LogP contribution >= 0.6 is 0 Å². The molecular formula is C16H16N2O4. The summed E-state index contributed by atoms with van der Waals surface area (Å²) in [6.45, 7) is 3.64. The highest BCUT2D eigenvalue weighted by Crippen LogP contribution is 2.31. The molecule has 2 rings (SSSR count). The molecule has 0 radical (unpaired) electrons. The third kappa shape index (κ3) is 3.54. The number of nitrogens with one attached hydrogen (secondary N) is 1. The van der Waals surface area contributed by atoms with Gasteiger partial charge in [-0.15, -0.1) is 6.58 Å². The maximum absolute atomic E-state index is 11.6. The summed E-state index contributed by atoms with van der Waals surface area (Å²) in [5.41, 5.74) is 3.68. The normalized spacial score (nSPS) is 10.6. The molecule has 0 saturated heterocycles. The number of allylic oxidation sites excluding steroid dienone is 1. The van der Waals surface area contributed by atoms with Crippen molar-refractivity contribution in [3.8, 4) is 11.5 Å². The number of ether oxygens (including phenoxy) is 1. The monoisotopic (exact) mass is 300 g/mol. The van der Waals surface area contributed by atoms with Crippen LogP contribution < -0.4 is 10.2 Å². The van der Waals surface area contributed by atoms with Crippen LogP contribution in [0.5, 0.6) is 11.5 Å². The summed E-state index contributed by atoms with van der Waals surface area (Å²) in [6, 6.07) is 6.51. The van der Waals surface area contributed by atoms with Crippen LogP contribution in [-0.2, 0) is 6.42 Å². The Balaban J connectivity index is 2.14. The minimum atomic E-state index is -0.446. The molecule has 0 bridgehead atoms. The number of phenolic OH excluding ortho intramolecular Hbond substituents is 1. The van der Waals surface area contributed by atoms with Crippen LogP contribution in [0.1, 0.15) is 21.7 Å². The molecule has 0 aliphatic heterocycles. The Bertz CT molecular complexity index is 690. The molecule has 2 N–H and O–H groups in total. The summed E-state index contributed by atoms with van der Waals surface area (Å²) in [4.78, 5) is 11.6. The van der Waals surface area contributed by atoms with Gasteiger partial charge in [0.1, 0.15) is 0 Å². The van der Waals surface area contributed by atoms with Crippen LogP contribution in [0.2, 0.25) is 0 Å². The van der Waals surface area contributed by atoms with Gasteiger partial charge in [0.2, 0.25) is 0 Å². The number of hydrogen-bond donors (Lipinski definition) is 2. The predicted octanol–water partition coefficient (Wildman–Crippen LogP) is 2.49. The Labute approximate surface area is 127 Å². The van der Waals surface area contributed by atoms with Crippen molar-refractivity contribution in [1.82, 2.24) is 5.43 Å². The van der Waals surface area contributed by atoms with E-state index in [4.69, 9.17) is 9.15 Å². The lowest BCUT2D eigenvalue weighted by Gasteiger charge is -2.09. The number of hydrazone groups is 1. The van der Waals surface area contributed by atoms with E-state index in [9.17, 15) is 9.90 Å². The Kier molecular flexibility index (Phi) is 4.98. The Hall–Kier alpha value is -3.02. The Morgan fingerprint density at radius 1 is 1.55 bits per heavy atom. The van der Waals surface area contributed by atoms with Crippen molar-refractivity contribution in [2.24, 2.45) is 5.10 Å². The topological polar surface area (TPSA) is 84.1 Å². The van der Waals surface area contributed by atoms with Crippen LogP contribution in [0.15, 0.2) is 52.7 Å². The highest BCUT2D eigenvalue weighted by molar-refractivity contribution is 5.92. The standard InChI is InChI=1S/C16H16N2O4/c1-3-5-12-8-11(9-14(21-2)15(12)19)10-17-18-16(20)13-6-4-7-22-13/h3-4,6-10,19H,1,5H2,2H3,(H,18,20)/b17-10-. The minimum absolute atomic E-state index is 0.0687. The number of amides is 1. The maximum Gasteiger partial charge on any atom is 0.307 e. The van der Waals surface area contributed by atoms with Crippen molar-refractivity contribution in [3.05, 3.63) is 60.1 Å². The van der Waals surface area contributed by atoms with Crippen LogP contribution in [0, 0.1) is 0 Å². The summed E-state index contributed by atoms with van der Waals surface area (Å²) in [7, 11) is 1.46. The van der Waals surface area contributed by atoms with Crippen LogP contribution in [0.25, 0.3) is 0 Å². The van der Waals surface area contributed by atoms with E-state index in [1.54, 1.807) is 24.3 Å². The Morgan fingerprint density at radius 3 is 3.00 bits per heavy atom. The van der Waals surface area contributed by atoms with E-state index < -0.39 is 5.91 Å². The number of hydrogen-bond acceptors (Lipinski definition) is 5. The SMILES string of the molecule is C=CCc1cc(/C=N\NC(=O)c2ccco2)cc(OC)c1O. The molecule has 1 aromatic carbocycles. The van der Waals surface area contributed by atoms with Crippen molar-refractivity contribution in [2.45, 2.75) is 6.42 Å². The predicted molar refractivity (Wildman–Crippen MR) is 82.3 cm³/mol. The highest BCUT2D eigenvalue weighted by Gasteiger charge is 2.09. The third-order valence-electron chi connectivity index (χ3n) is 2.89. The fourth-order valence-corrected chi connectivity index (χ4v) is 1.86. The van der Waals surface area contributed by atoms with Crippen molar-refractivity contribution in [3.63, 3.8) is 0 Å². The van der Waals surface area contributed by atoms with Crippen LogP contribution in [0.4, 0.5) is 0 Å². The van der Waals surface area contributed by atoms with E-state index in [0.29, 0.717) is 23.3 Å². The first-order valence-corrected chi connectivity index (χ1v) is 6.53. The number of methoxy groups -OCH3 is 1. The maximum atomic E-state index is 11.6. The number of furan rings is 1. The first-order valence-electron chi connectivity index (χ1n) is 6.53.